The van der Waals surface area contributed by atoms with Crippen LogP contribution in [0.15, 0.2) is 24.3 Å². The molecule has 0 aromatic carbocycles. The molecule has 0 aliphatic heterocycles. The van der Waals surface area contributed by atoms with Crippen molar-refractivity contribution in [1.29, 1.82) is 0 Å². The molecule has 280 valence electrons. The lowest BCUT2D eigenvalue weighted by atomic mass is 10.1. The number of rotatable bonds is 24. The van der Waals surface area contributed by atoms with E-state index in [0.717, 1.165) is 101 Å². The van der Waals surface area contributed by atoms with Crippen LogP contribution < -0.4 is 0 Å². The number of hydrogen-bond donors (Lipinski definition) is 2. The first-order valence-electron chi connectivity index (χ1n) is 19.1. The minimum Gasteiger partial charge on any atom is -0.469 e. The molecule has 0 saturated heterocycles. The van der Waals surface area contributed by atoms with Crippen molar-refractivity contribution in [2.24, 2.45) is 23.7 Å². The van der Waals surface area contributed by atoms with E-state index >= 15 is 0 Å². The van der Waals surface area contributed by atoms with E-state index in [1.807, 2.05) is 0 Å². The zero-order valence-corrected chi connectivity index (χ0v) is 30.9. The van der Waals surface area contributed by atoms with E-state index in [0.29, 0.717) is 12.8 Å². The summed E-state index contributed by atoms with van der Waals surface area (Å²) in [5, 5.41) is 19.5. The number of hydrogen-bond acceptors (Lipinski definition) is 6. The van der Waals surface area contributed by atoms with Crippen LogP contribution in [0, 0.1) is 47.4 Å². The number of aliphatic hydroxyl groups excluding tert-OH is 2. The molecule has 6 atom stereocenters. The largest absolute Gasteiger partial charge is 0.469 e. The number of esters is 2. The smallest absolute Gasteiger partial charge is 0.305 e. The summed E-state index contributed by atoms with van der Waals surface area (Å²) >= 11 is 0. The maximum atomic E-state index is 11.0. The standard InChI is InChI=1S/2C21H34O3.CH4/c2*1-3-4-8-14-20(22)15-11-13-19-17-18(19)12-9-6-5-7-10-16-21(23)24-2;/h2*5-6,18-20,22H,3-4,7-10,12-14,16-17H2,1-2H3;1H4/b2*6-5-;/t18-,19+,20+;18-,19+,20-;/m11./s1. The van der Waals surface area contributed by atoms with E-state index < -0.39 is 12.2 Å². The first-order valence-corrected chi connectivity index (χ1v) is 19.1. The topological polar surface area (TPSA) is 93.1 Å². The Morgan fingerprint density at radius 3 is 1.39 bits per heavy atom. The van der Waals surface area contributed by atoms with Gasteiger partial charge in [0.15, 0.2) is 0 Å². The maximum absolute atomic E-state index is 11.0. The lowest BCUT2D eigenvalue weighted by Crippen LogP contribution is -2.02. The number of allylic oxidation sites excluding steroid dienone is 4. The van der Waals surface area contributed by atoms with Gasteiger partial charge in [0.1, 0.15) is 12.2 Å². The molecule has 0 amide bonds. The Bertz CT molecular complexity index is 942. The Hall–Kier alpha value is -2.54. The molecule has 2 N–H and O–H groups in total. The van der Waals surface area contributed by atoms with Gasteiger partial charge in [0, 0.05) is 25.7 Å². The number of unbranched alkanes of at least 4 members (excludes halogenated alkanes) is 6. The van der Waals surface area contributed by atoms with Crippen LogP contribution in [0.5, 0.6) is 0 Å². The SMILES string of the molecule is C.CCCCC[C@@H](O)C#CC[C@H]1C[C@H]1CC/C=C\CCCC(=O)OC.CCCCC[C@H](O)C#CC[C@H]1C[C@H]1CC/C=C\CCCC(=O)OC. The van der Waals surface area contributed by atoms with Crippen LogP contribution in [-0.2, 0) is 19.1 Å². The first kappa shape index (κ1) is 46.5. The highest BCUT2D eigenvalue weighted by Gasteiger charge is 2.35. The van der Waals surface area contributed by atoms with Crippen LogP contribution in [0.1, 0.15) is 163 Å². The van der Waals surface area contributed by atoms with Crippen LogP contribution >= 0.6 is 0 Å². The summed E-state index contributed by atoms with van der Waals surface area (Å²) in [6, 6.07) is 0. The molecule has 2 fully saturated rings. The van der Waals surface area contributed by atoms with Gasteiger partial charge in [-0.3, -0.25) is 9.59 Å². The summed E-state index contributed by atoms with van der Waals surface area (Å²) in [5.74, 6) is 15.2. The highest BCUT2D eigenvalue weighted by Crippen LogP contribution is 2.45. The van der Waals surface area contributed by atoms with Gasteiger partial charge in [-0.05, 0) is 114 Å². The fraction of sp³-hybridized carbons (Fsp3) is 0.767. The van der Waals surface area contributed by atoms with Crippen molar-refractivity contribution in [2.75, 3.05) is 14.2 Å². The van der Waals surface area contributed by atoms with Gasteiger partial charge in [0.05, 0.1) is 14.2 Å². The van der Waals surface area contributed by atoms with Gasteiger partial charge in [-0.25, -0.2) is 0 Å². The summed E-state index contributed by atoms with van der Waals surface area (Å²) in [4.78, 5) is 21.9. The van der Waals surface area contributed by atoms with Gasteiger partial charge in [0.25, 0.3) is 0 Å². The van der Waals surface area contributed by atoms with E-state index in [1.165, 1.54) is 65.6 Å². The lowest BCUT2D eigenvalue weighted by molar-refractivity contribution is -0.141. The summed E-state index contributed by atoms with van der Waals surface area (Å²) < 4.78 is 9.22. The quantitative estimate of drug-likeness (QED) is 0.0455. The zero-order valence-electron chi connectivity index (χ0n) is 30.9. The van der Waals surface area contributed by atoms with Crippen LogP contribution in [0.2, 0.25) is 0 Å². The third-order valence-electron chi connectivity index (χ3n) is 9.27. The number of methoxy groups -OCH3 is 2. The Labute approximate surface area is 301 Å². The molecule has 2 aliphatic rings. The molecule has 0 bridgehead atoms. The van der Waals surface area contributed by atoms with Gasteiger partial charge < -0.3 is 19.7 Å². The molecule has 0 radical (unpaired) electrons. The van der Waals surface area contributed by atoms with Crippen molar-refractivity contribution in [2.45, 2.75) is 175 Å². The van der Waals surface area contributed by atoms with Crippen LogP contribution in [0.3, 0.4) is 0 Å². The van der Waals surface area contributed by atoms with E-state index in [4.69, 9.17) is 0 Å². The summed E-state index contributed by atoms with van der Waals surface area (Å²) in [6.45, 7) is 4.34. The summed E-state index contributed by atoms with van der Waals surface area (Å²) in [5.41, 5.74) is 0. The second-order valence-corrected chi connectivity index (χ2v) is 13.6. The second kappa shape index (κ2) is 31.4. The third kappa shape index (κ3) is 27.9. The molecule has 0 heterocycles. The monoisotopic (exact) mass is 685 g/mol. The third-order valence-corrected chi connectivity index (χ3v) is 9.27. The number of carbonyl (C=O) groups is 2. The van der Waals surface area contributed by atoms with Crippen LogP contribution in [0.25, 0.3) is 0 Å². The Morgan fingerprint density at radius 1 is 0.633 bits per heavy atom. The van der Waals surface area contributed by atoms with Crippen molar-refractivity contribution in [3.8, 4) is 23.7 Å². The van der Waals surface area contributed by atoms with Crippen LogP contribution in [-0.4, -0.2) is 48.6 Å². The van der Waals surface area contributed by atoms with Crippen molar-refractivity contribution < 1.29 is 29.3 Å². The molecule has 2 saturated carbocycles. The van der Waals surface area contributed by atoms with Gasteiger partial charge >= 0.3 is 11.9 Å². The first-order chi connectivity index (χ1) is 23.3. The van der Waals surface area contributed by atoms with E-state index in [2.05, 4.69) is 71.3 Å². The minimum absolute atomic E-state index is 0. The predicted octanol–water partition coefficient (Wildman–Crippen LogP) is 9.91. The molecule has 6 heteroatoms. The zero-order chi connectivity index (χ0) is 35.2. The highest BCUT2D eigenvalue weighted by atomic mass is 16.5. The molecule has 0 spiro atoms. The average molecular weight is 685 g/mol. The number of aliphatic hydroxyl groups is 2. The predicted molar refractivity (Wildman–Crippen MR) is 203 cm³/mol. The van der Waals surface area contributed by atoms with Gasteiger partial charge in [-0.15, -0.1) is 11.8 Å². The Kier molecular flexibility index (Phi) is 29.8. The van der Waals surface area contributed by atoms with E-state index in [9.17, 15) is 19.8 Å². The van der Waals surface area contributed by atoms with Crippen molar-refractivity contribution in [3.63, 3.8) is 0 Å². The van der Waals surface area contributed by atoms with E-state index in [1.54, 1.807) is 0 Å². The molecule has 49 heavy (non-hydrogen) atoms. The molecule has 0 aromatic rings. The molecular weight excluding hydrogens is 612 g/mol. The van der Waals surface area contributed by atoms with Crippen molar-refractivity contribution >= 4 is 11.9 Å². The second-order valence-electron chi connectivity index (χ2n) is 13.6. The van der Waals surface area contributed by atoms with Gasteiger partial charge in [-0.2, -0.15) is 0 Å². The molecular formula is C43H72O6. The normalized spacial score (nSPS) is 20.0. The number of ether oxygens (including phenoxy) is 2. The fourth-order valence-corrected chi connectivity index (χ4v) is 5.79. The summed E-state index contributed by atoms with van der Waals surface area (Å²) in [7, 11) is 2.86. The van der Waals surface area contributed by atoms with Gasteiger partial charge in [0.2, 0.25) is 0 Å². The van der Waals surface area contributed by atoms with Crippen LogP contribution in [0.4, 0.5) is 0 Å². The molecule has 6 nitrogen and oxygen atoms in total. The van der Waals surface area contributed by atoms with Crippen molar-refractivity contribution in [1.82, 2.24) is 0 Å². The minimum atomic E-state index is -0.429. The Morgan fingerprint density at radius 2 is 1.02 bits per heavy atom. The molecule has 2 rings (SSSR count). The average Bonchev–Trinajstić information content (AvgIpc) is 4.01. The Balaban J connectivity index is 0.000000922. The summed E-state index contributed by atoms with van der Waals surface area (Å²) in [6.07, 6.45) is 30.3. The number of carbonyl (C=O) groups excluding carboxylic acids is 2. The highest BCUT2D eigenvalue weighted by molar-refractivity contribution is 5.69. The maximum Gasteiger partial charge on any atom is 0.305 e. The lowest BCUT2D eigenvalue weighted by Gasteiger charge is -2.01. The molecule has 0 aromatic heterocycles. The van der Waals surface area contributed by atoms with Crippen molar-refractivity contribution in [3.05, 3.63) is 24.3 Å². The fourth-order valence-electron chi connectivity index (χ4n) is 5.79. The molecule has 0 unspecified atom stereocenters. The molecule has 2 aliphatic carbocycles. The van der Waals surface area contributed by atoms with Gasteiger partial charge in [-0.1, -0.05) is 83.1 Å². The van der Waals surface area contributed by atoms with E-state index in [-0.39, 0.29) is 19.4 Å².